The monoisotopic (exact) mass is 333 g/mol. The molecule has 0 aliphatic rings. The fraction of sp³-hybridized carbons (Fsp3) is 0.125. The molecule has 0 atom stereocenters. The van der Waals surface area contributed by atoms with Crippen molar-refractivity contribution in [1.82, 2.24) is 14.9 Å². The number of rotatable bonds is 4. The van der Waals surface area contributed by atoms with Crippen LogP contribution in [0.3, 0.4) is 0 Å². The van der Waals surface area contributed by atoms with Crippen molar-refractivity contribution in [2.45, 2.75) is 13.5 Å². The summed E-state index contributed by atoms with van der Waals surface area (Å²) in [4.78, 5) is 17.1. The molecule has 3 rings (SSSR count). The highest BCUT2D eigenvalue weighted by atomic mass is 32.1. The number of halogens is 2. The Balaban J connectivity index is 1.73. The molecule has 0 spiro atoms. The Labute approximate surface area is 135 Å². The molecular weight excluding hydrogens is 320 g/mol. The zero-order valence-electron chi connectivity index (χ0n) is 12.2. The van der Waals surface area contributed by atoms with Crippen LogP contribution in [0.25, 0.3) is 5.13 Å². The van der Waals surface area contributed by atoms with E-state index in [0.717, 1.165) is 6.07 Å². The van der Waals surface area contributed by atoms with Gasteiger partial charge in [-0.05, 0) is 36.8 Å². The molecule has 7 heteroatoms. The van der Waals surface area contributed by atoms with Gasteiger partial charge in [-0.15, -0.1) is 0 Å². The minimum Gasteiger partial charge on any atom is -0.347 e. The number of hydrogen-bond donors (Lipinski definition) is 1. The Kier molecular flexibility index (Phi) is 4.20. The second-order valence-electron chi connectivity index (χ2n) is 4.96. The molecule has 118 valence electrons. The summed E-state index contributed by atoms with van der Waals surface area (Å²) < 4.78 is 28.1. The number of benzene rings is 1. The van der Waals surface area contributed by atoms with Crippen molar-refractivity contribution < 1.29 is 13.6 Å². The summed E-state index contributed by atoms with van der Waals surface area (Å²) in [5, 5.41) is 3.35. The van der Waals surface area contributed by atoms with Crippen LogP contribution < -0.4 is 5.32 Å². The van der Waals surface area contributed by atoms with E-state index in [2.05, 4.69) is 10.3 Å². The molecule has 0 bridgehead atoms. The van der Waals surface area contributed by atoms with Crippen molar-refractivity contribution >= 4 is 17.2 Å². The highest BCUT2D eigenvalue weighted by molar-refractivity contribution is 7.16. The summed E-state index contributed by atoms with van der Waals surface area (Å²) in [6.07, 6.45) is 3.69. The van der Waals surface area contributed by atoms with Gasteiger partial charge in [-0.2, -0.15) is 0 Å². The molecule has 1 N–H and O–H groups in total. The number of carbonyl (C=O) groups excluding carboxylic acids is 1. The summed E-state index contributed by atoms with van der Waals surface area (Å²) in [6.45, 7) is 1.80. The summed E-state index contributed by atoms with van der Waals surface area (Å²) in [5.41, 5.74) is 0.977. The third kappa shape index (κ3) is 3.45. The van der Waals surface area contributed by atoms with E-state index in [1.165, 1.54) is 23.5 Å². The molecule has 0 saturated carbocycles. The lowest BCUT2D eigenvalue weighted by Gasteiger charge is -2.05. The van der Waals surface area contributed by atoms with E-state index in [4.69, 9.17) is 0 Å². The van der Waals surface area contributed by atoms with Crippen LogP contribution in [0.1, 0.15) is 20.9 Å². The molecule has 0 saturated heterocycles. The van der Waals surface area contributed by atoms with Gasteiger partial charge in [0.2, 0.25) is 0 Å². The Morgan fingerprint density at radius 1 is 1.22 bits per heavy atom. The van der Waals surface area contributed by atoms with Crippen LogP contribution in [0, 0.1) is 18.6 Å². The molecule has 2 heterocycles. The highest BCUT2D eigenvalue weighted by Crippen LogP contribution is 2.21. The van der Waals surface area contributed by atoms with E-state index >= 15 is 0 Å². The fourth-order valence-corrected chi connectivity index (χ4v) is 3.09. The number of aromatic nitrogens is 2. The average Bonchev–Trinajstić information content (AvgIpc) is 3.13. The number of nitrogens with zero attached hydrogens (tertiary/aromatic N) is 2. The predicted octanol–water partition coefficient (Wildman–Crippen LogP) is 3.45. The van der Waals surface area contributed by atoms with E-state index in [9.17, 15) is 13.6 Å². The van der Waals surface area contributed by atoms with E-state index in [0.29, 0.717) is 21.3 Å². The molecule has 0 aliphatic heterocycles. The first-order chi connectivity index (χ1) is 11.0. The first-order valence-corrected chi connectivity index (χ1v) is 7.68. The third-order valence-electron chi connectivity index (χ3n) is 3.19. The number of thiazole rings is 1. The molecule has 0 fully saturated rings. The van der Waals surface area contributed by atoms with Crippen LogP contribution in [0.2, 0.25) is 0 Å². The van der Waals surface area contributed by atoms with Gasteiger partial charge >= 0.3 is 0 Å². The zero-order valence-corrected chi connectivity index (χ0v) is 13.0. The van der Waals surface area contributed by atoms with Crippen molar-refractivity contribution in [3.8, 4) is 5.13 Å². The maximum absolute atomic E-state index is 13.1. The number of nitrogens with one attached hydrogen (secondary N) is 1. The van der Waals surface area contributed by atoms with Crippen LogP contribution in [0.4, 0.5) is 8.78 Å². The van der Waals surface area contributed by atoms with Gasteiger partial charge < -0.3 is 9.88 Å². The molecule has 3 aromatic rings. The summed E-state index contributed by atoms with van der Waals surface area (Å²) >= 11 is 1.26. The SMILES string of the molecule is Cc1nc(-n2cccc2)sc1C(=O)NCc1cc(F)cc(F)c1. The Bertz CT molecular complexity index is 823. The number of amides is 1. The van der Waals surface area contributed by atoms with Crippen molar-refractivity contribution in [2.75, 3.05) is 0 Å². The molecule has 0 unspecified atom stereocenters. The van der Waals surface area contributed by atoms with Crippen LogP contribution in [-0.4, -0.2) is 15.5 Å². The first-order valence-electron chi connectivity index (χ1n) is 6.87. The van der Waals surface area contributed by atoms with E-state index in [1.807, 2.05) is 29.1 Å². The lowest BCUT2D eigenvalue weighted by molar-refractivity contribution is 0.0954. The van der Waals surface area contributed by atoms with E-state index < -0.39 is 11.6 Å². The van der Waals surface area contributed by atoms with Crippen LogP contribution in [0.5, 0.6) is 0 Å². The van der Waals surface area contributed by atoms with Gasteiger partial charge in [0.1, 0.15) is 16.5 Å². The van der Waals surface area contributed by atoms with E-state index in [1.54, 1.807) is 6.92 Å². The Hall–Kier alpha value is -2.54. The normalized spacial score (nSPS) is 10.7. The number of aryl methyl sites for hydroxylation is 1. The van der Waals surface area contributed by atoms with E-state index in [-0.39, 0.29) is 12.5 Å². The molecule has 0 aliphatic carbocycles. The maximum Gasteiger partial charge on any atom is 0.263 e. The van der Waals surface area contributed by atoms with Gasteiger partial charge in [-0.25, -0.2) is 13.8 Å². The Morgan fingerprint density at radius 3 is 2.52 bits per heavy atom. The van der Waals surface area contributed by atoms with Gasteiger partial charge in [-0.1, -0.05) is 11.3 Å². The van der Waals surface area contributed by atoms with Crippen molar-refractivity contribution in [3.05, 3.63) is 70.5 Å². The fourth-order valence-electron chi connectivity index (χ4n) is 2.14. The standard InChI is InChI=1S/C16H13F2N3OS/c1-10-14(23-16(20-10)21-4-2-3-5-21)15(22)19-9-11-6-12(17)8-13(18)7-11/h2-8H,9H2,1H3,(H,19,22). The summed E-state index contributed by atoms with van der Waals surface area (Å²) in [7, 11) is 0. The van der Waals surface area contributed by atoms with Crippen molar-refractivity contribution in [2.24, 2.45) is 0 Å². The van der Waals surface area contributed by atoms with Gasteiger partial charge in [0.25, 0.3) is 5.91 Å². The summed E-state index contributed by atoms with van der Waals surface area (Å²) in [6, 6.07) is 6.91. The predicted molar refractivity (Wildman–Crippen MR) is 83.7 cm³/mol. The second kappa shape index (κ2) is 6.29. The lowest BCUT2D eigenvalue weighted by Crippen LogP contribution is -2.22. The van der Waals surface area contributed by atoms with Crippen LogP contribution >= 0.6 is 11.3 Å². The average molecular weight is 333 g/mol. The molecule has 2 aromatic heterocycles. The quantitative estimate of drug-likeness (QED) is 0.795. The maximum atomic E-state index is 13.1. The smallest absolute Gasteiger partial charge is 0.263 e. The van der Waals surface area contributed by atoms with Gasteiger partial charge in [0.15, 0.2) is 5.13 Å². The third-order valence-corrected chi connectivity index (χ3v) is 4.36. The number of carbonyl (C=O) groups is 1. The topological polar surface area (TPSA) is 46.9 Å². The van der Waals surface area contributed by atoms with Gasteiger partial charge in [0.05, 0.1) is 5.69 Å². The second-order valence-corrected chi connectivity index (χ2v) is 5.94. The van der Waals surface area contributed by atoms with Gasteiger partial charge in [0, 0.05) is 25.0 Å². The molecule has 1 aromatic carbocycles. The van der Waals surface area contributed by atoms with Crippen LogP contribution in [-0.2, 0) is 6.54 Å². The first kappa shape index (κ1) is 15.4. The molecule has 4 nitrogen and oxygen atoms in total. The molecule has 0 radical (unpaired) electrons. The Morgan fingerprint density at radius 2 is 1.87 bits per heavy atom. The minimum atomic E-state index is -0.668. The van der Waals surface area contributed by atoms with Crippen molar-refractivity contribution in [3.63, 3.8) is 0 Å². The van der Waals surface area contributed by atoms with Crippen LogP contribution in [0.15, 0.2) is 42.7 Å². The molecule has 1 amide bonds. The lowest BCUT2D eigenvalue weighted by atomic mass is 10.2. The largest absolute Gasteiger partial charge is 0.347 e. The number of hydrogen-bond acceptors (Lipinski definition) is 3. The minimum absolute atomic E-state index is 0.0453. The highest BCUT2D eigenvalue weighted by Gasteiger charge is 2.16. The molecular formula is C16H13F2N3OS. The zero-order chi connectivity index (χ0) is 16.4. The van der Waals surface area contributed by atoms with Gasteiger partial charge in [-0.3, -0.25) is 4.79 Å². The molecule has 23 heavy (non-hydrogen) atoms. The van der Waals surface area contributed by atoms with Crippen molar-refractivity contribution in [1.29, 1.82) is 0 Å². The summed E-state index contributed by atoms with van der Waals surface area (Å²) in [5.74, 6) is -1.65.